The van der Waals surface area contributed by atoms with Gasteiger partial charge in [0.05, 0.1) is 64.9 Å². The lowest BCUT2D eigenvalue weighted by Crippen LogP contribution is -2.61. The molecule has 98 heavy (non-hydrogen) atoms. The first-order valence-electron chi connectivity index (χ1n) is 31.4. The normalized spacial score (nSPS) is 19.7. The Morgan fingerprint density at radius 3 is 0.908 bits per heavy atom. The number of alkyl halides is 1. The number of nitrogens with zero attached hydrogens (tertiary/aromatic N) is 1. The quantitative estimate of drug-likeness (QED) is 0.0280. The summed E-state index contributed by atoms with van der Waals surface area (Å²) in [5.41, 5.74) is 2.84. The minimum Gasteiger partial charge on any atom is -0.452 e. The van der Waals surface area contributed by atoms with E-state index in [9.17, 15) is 33.3 Å². The van der Waals surface area contributed by atoms with Crippen LogP contribution in [-0.2, 0) is 74.0 Å². The highest BCUT2D eigenvalue weighted by Crippen LogP contribution is 2.54. The first-order chi connectivity index (χ1) is 47.5. The Morgan fingerprint density at radius 1 is 0.408 bits per heavy atom. The molecule has 10 atom stereocenters. The summed E-state index contributed by atoms with van der Waals surface area (Å²) in [5, 5.41) is 6.51. The first-order valence-corrected chi connectivity index (χ1v) is 33.8. The van der Waals surface area contributed by atoms with E-state index < -0.39 is 104 Å². The van der Waals surface area contributed by atoms with Crippen molar-refractivity contribution < 1.29 is 89.5 Å². The number of hydrogen-bond donors (Lipinski definition) is 0. The maximum Gasteiger partial charge on any atom is 0.477 e. The SMILES string of the molecule is CC#N.CC1OC(Br)[C@H](OC(=O)c2ccccc2)[C@@H](OC(=O)c2ccccc2)[C@@H]1OC(=O)c1ccccc1.CC1OC(OP(=O)(OCc2ccccc2)OCc2ccccc2)[C@H](OC(=O)c2ccccc2)[C@@H](OC(=O)c2ccccc2)[C@@H]1OC(=O)c1ccccc1.CCC.CCOC. The van der Waals surface area contributed by atoms with Crippen LogP contribution in [-0.4, -0.2) is 110 Å². The molecule has 8 aromatic carbocycles. The van der Waals surface area contributed by atoms with Crippen molar-refractivity contribution in [1.29, 1.82) is 5.26 Å². The molecule has 0 bridgehead atoms. The summed E-state index contributed by atoms with van der Waals surface area (Å²) < 4.78 is 84.2. The lowest BCUT2D eigenvalue weighted by atomic mass is 9.98. The van der Waals surface area contributed by atoms with Gasteiger partial charge in [0, 0.05) is 20.6 Å². The molecule has 0 spiro atoms. The van der Waals surface area contributed by atoms with E-state index in [1.165, 1.54) is 37.6 Å². The summed E-state index contributed by atoms with van der Waals surface area (Å²) in [6.07, 6.45) is -10.0. The average molecular weight is 1420 g/mol. The number of rotatable bonds is 21. The monoisotopic (exact) mass is 1420 g/mol. The van der Waals surface area contributed by atoms with Crippen molar-refractivity contribution in [2.24, 2.45) is 0 Å². The Morgan fingerprint density at radius 2 is 0.633 bits per heavy atom. The first kappa shape index (κ1) is 77.5. The third kappa shape index (κ3) is 24.6. The fraction of sp³-hybridized carbons (Fsp3) is 0.276. The number of halogens is 1. The number of phosphoric acid groups is 1. The van der Waals surface area contributed by atoms with Crippen molar-refractivity contribution >= 4 is 59.6 Å². The van der Waals surface area contributed by atoms with Crippen molar-refractivity contribution in [2.75, 3.05) is 13.7 Å². The molecule has 2 saturated heterocycles. The van der Waals surface area contributed by atoms with Gasteiger partial charge in [-0.05, 0) is 105 Å². The molecule has 2 aliphatic heterocycles. The van der Waals surface area contributed by atoms with E-state index in [-0.39, 0.29) is 29.9 Å². The number of hydrogen-bond acceptors (Lipinski definition) is 20. The van der Waals surface area contributed by atoms with Gasteiger partial charge in [0.15, 0.2) is 41.6 Å². The van der Waals surface area contributed by atoms with E-state index in [4.69, 9.17) is 56.7 Å². The molecular weight excluding hydrogens is 1340 g/mol. The van der Waals surface area contributed by atoms with Crippen LogP contribution in [0.1, 0.15) is 121 Å². The number of phosphoric ester groups is 1. The van der Waals surface area contributed by atoms with E-state index in [1.54, 1.807) is 233 Å². The van der Waals surface area contributed by atoms with Crippen LogP contribution in [0.15, 0.2) is 243 Å². The summed E-state index contributed by atoms with van der Waals surface area (Å²) in [4.78, 5) is 79.4. The van der Waals surface area contributed by atoms with E-state index in [2.05, 4.69) is 34.5 Å². The van der Waals surface area contributed by atoms with Gasteiger partial charge in [-0.1, -0.05) is 206 Å². The highest BCUT2D eigenvalue weighted by atomic mass is 79.9. The fourth-order valence-electron chi connectivity index (χ4n) is 9.14. The fourth-order valence-corrected chi connectivity index (χ4v) is 11.1. The molecule has 22 heteroatoms. The van der Waals surface area contributed by atoms with Crippen LogP contribution < -0.4 is 0 Å². The van der Waals surface area contributed by atoms with Gasteiger partial charge in [0.2, 0.25) is 6.29 Å². The second-order valence-corrected chi connectivity index (χ2v) is 23.9. The zero-order valence-corrected chi connectivity index (χ0v) is 57.7. The minimum atomic E-state index is -4.58. The van der Waals surface area contributed by atoms with E-state index in [0.717, 1.165) is 6.61 Å². The maximum absolute atomic E-state index is 14.6. The predicted octanol–water partition coefficient (Wildman–Crippen LogP) is 15.4. The molecule has 2 fully saturated rings. The highest BCUT2D eigenvalue weighted by Gasteiger charge is 2.55. The minimum absolute atomic E-state index is 0.152. The summed E-state index contributed by atoms with van der Waals surface area (Å²) in [7, 11) is -2.90. The smallest absolute Gasteiger partial charge is 0.452 e. The average Bonchev–Trinajstić information content (AvgIpc) is 0.787. The van der Waals surface area contributed by atoms with E-state index >= 15 is 0 Å². The van der Waals surface area contributed by atoms with Gasteiger partial charge >= 0.3 is 43.6 Å². The van der Waals surface area contributed by atoms with Gasteiger partial charge < -0.3 is 42.6 Å². The number of benzene rings is 8. The standard InChI is InChI=1S/C41H37O11P.C27H23BrO7.C3H8O.C3H8.C2H3N/c1-29-35(49-38(42)32-21-11-4-12-22-32)36(50-39(43)33-23-13-5-14-24-33)37(51-40(44)34-25-15-6-16-26-34)41(48-29)52-53(45,46-27-30-17-7-2-8-18-30)47-28-31-19-9-3-10-20-31;1-17-21(33-25(29)18-11-5-2-6-12-18)22(34-26(30)19-13-7-3-8-14-19)23(24(28)32-17)35-27(31)20-15-9-4-10-16-20;1-3-4-2;1-3-2;1-2-3/h2-26,29,35-37,41H,27-28H2,1H3;2-17,21-24H,1H3;3H2,1-2H3;3H2,1-2H3;1H3/t29?,35-,36+,37-,41?;17?,21-,22+,23-,24?;;;/m11.../s1. The molecule has 2 aliphatic rings. The third-order valence-electron chi connectivity index (χ3n) is 13.9. The third-order valence-corrected chi connectivity index (χ3v) is 16.0. The second-order valence-electron chi connectivity index (χ2n) is 21.4. The Labute approximate surface area is 579 Å². The summed E-state index contributed by atoms with van der Waals surface area (Å²) in [5.74, 6) is -4.30. The van der Waals surface area contributed by atoms with Crippen molar-refractivity contribution in [3.05, 3.63) is 287 Å². The second kappa shape index (κ2) is 41.6. The van der Waals surface area contributed by atoms with Gasteiger partial charge in [-0.2, -0.15) is 5.26 Å². The molecule has 0 N–H and O–H groups in total. The lowest BCUT2D eigenvalue weighted by Gasteiger charge is -2.43. The molecule has 0 amide bonds. The Balaban J connectivity index is 0.000000289. The van der Waals surface area contributed by atoms with Gasteiger partial charge in [0.25, 0.3) is 0 Å². The number of esters is 6. The number of carbonyl (C=O) groups excluding carboxylic acids is 6. The van der Waals surface area contributed by atoms with Crippen molar-refractivity contribution in [3.8, 4) is 6.07 Å². The number of nitriles is 1. The highest BCUT2D eigenvalue weighted by molar-refractivity contribution is 9.09. The molecular formula is C76H79BrNO19P. The van der Waals surface area contributed by atoms with Crippen LogP contribution in [0.25, 0.3) is 0 Å². The van der Waals surface area contributed by atoms with Gasteiger partial charge in [-0.25, -0.2) is 33.3 Å². The molecule has 0 aromatic heterocycles. The molecule has 514 valence electrons. The lowest BCUT2D eigenvalue weighted by molar-refractivity contribution is -0.271. The zero-order valence-electron chi connectivity index (χ0n) is 55.2. The van der Waals surface area contributed by atoms with Gasteiger partial charge in [-0.15, -0.1) is 0 Å². The molecule has 0 radical (unpaired) electrons. The van der Waals surface area contributed by atoms with Crippen LogP contribution in [0, 0.1) is 11.3 Å². The van der Waals surface area contributed by atoms with Crippen LogP contribution >= 0.6 is 23.8 Å². The Hall–Kier alpha value is -9.46. The largest absolute Gasteiger partial charge is 0.477 e. The molecule has 2 heterocycles. The summed E-state index contributed by atoms with van der Waals surface area (Å²) >= 11 is 3.39. The summed E-state index contributed by atoms with van der Waals surface area (Å²) in [6.45, 7) is 11.4. The van der Waals surface area contributed by atoms with Crippen molar-refractivity contribution in [3.63, 3.8) is 0 Å². The maximum atomic E-state index is 14.6. The van der Waals surface area contributed by atoms with Gasteiger partial charge in [0.1, 0.15) is 0 Å². The number of methoxy groups -OCH3 is 1. The molecule has 0 saturated carbocycles. The zero-order chi connectivity index (χ0) is 70.7. The van der Waals surface area contributed by atoms with E-state index in [0.29, 0.717) is 27.8 Å². The Kier molecular flexibility index (Phi) is 32.9. The molecule has 4 unspecified atom stereocenters. The number of carbonyl (C=O) groups is 6. The van der Waals surface area contributed by atoms with Crippen molar-refractivity contribution in [1.82, 2.24) is 0 Å². The molecule has 0 aliphatic carbocycles. The number of ether oxygens (including phenoxy) is 9. The molecule has 10 rings (SSSR count). The van der Waals surface area contributed by atoms with Crippen LogP contribution in [0.3, 0.4) is 0 Å². The van der Waals surface area contributed by atoms with Crippen LogP contribution in [0.5, 0.6) is 0 Å². The topological polar surface area (TPSA) is 254 Å². The van der Waals surface area contributed by atoms with Crippen LogP contribution in [0.2, 0.25) is 0 Å². The van der Waals surface area contributed by atoms with Gasteiger partial charge in [-0.3, -0.25) is 13.6 Å². The van der Waals surface area contributed by atoms with Crippen LogP contribution in [0.4, 0.5) is 0 Å². The Bertz CT molecular complexity index is 3650. The molecule has 8 aromatic rings. The van der Waals surface area contributed by atoms with Crippen molar-refractivity contribution in [2.45, 2.75) is 121 Å². The predicted molar refractivity (Wildman–Crippen MR) is 367 cm³/mol. The van der Waals surface area contributed by atoms with E-state index in [1.807, 2.05) is 19.1 Å². The summed E-state index contributed by atoms with van der Waals surface area (Å²) in [6, 6.07) is 69.3. The molecule has 20 nitrogen and oxygen atoms in total.